The van der Waals surface area contributed by atoms with Crippen LogP contribution in [0.1, 0.15) is 4.88 Å². The average Bonchev–Trinajstić information content (AvgIpc) is 2.83. The molecule has 1 N–H and O–H groups in total. The number of anilines is 1. The smallest absolute Gasteiger partial charge is 0.269 e. The van der Waals surface area contributed by atoms with Crippen LogP contribution in [-0.4, -0.2) is 11.1 Å². The second kappa shape index (κ2) is 5.22. The van der Waals surface area contributed by atoms with Crippen LogP contribution in [0.2, 0.25) is 0 Å². The van der Waals surface area contributed by atoms with E-state index in [9.17, 15) is 10.1 Å². The van der Waals surface area contributed by atoms with E-state index in [1.54, 1.807) is 29.7 Å². The SMILES string of the molecule is O=[N+]([O-])c1ccc(N/N=C/c2cccs2)cc1. The summed E-state index contributed by atoms with van der Waals surface area (Å²) < 4.78 is 0. The molecule has 0 atom stereocenters. The van der Waals surface area contributed by atoms with Gasteiger partial charge >= 0.3 is 0 Å². The first-order chi connectivity index (χ1) is 8.25. The van der Waals surface area contributed by atoms with Crippen molar-refractivity contribution in [1.82, 2.24) is 0 Å². The van der Waals surface area contributed by atoms with E-state index in [1.807, 2.05) is 17.5 Å². The molecule has 5 nitrogen and oxygen atoms in total. The largest absolute Gasteiger partial charge is 0.278 e. The quantitative estimate of drug-likeness (QED) is 0.512. The van der Waals surface area contributed by atoms with Crippen LogP contribution in [-0.2, 0) is 0 Å². The van der Waals surface area contributed by atoms with Gasteiger partial charge in [0.05, 0.1) is 16.8 Å². The van der Waals surface area contributed by atoms with Crippen LogP contribution in [0.15, 0.2) is 46.9 Å². The third-order valence-corrected chi connectivity index (χ3v) is 2.81. The highest BCUT2D eigenvalue weighted by molar-refractivity contribution is 7.11. The van der Waals surface area contributed by atoms with E-state index in [0.29, 0.717) is 5.69 Å². The van der Waals surface area contributed by atoms with Gasteiger partial charge < -0.3 is 0 Å². The highest BCUT2D eigenvalue weighted by Crippen LogP contribution is 2.15. The summed E-state index contributed by atoms with van der Waals surface area (Å²) in [4.78, 5) is 11.0. The fraction of sp³-hybridized carbons (Fsp3) is 0. The van der Waals surface area contributed by atoms with E-state index >= 15 is 0 Å². The molecule has 2 aromatic rings. The van der Waals surface area contributed by atoms with Gasteiger partial charge in [0.25, 0.3) is 5.69 Å². The number of thiophene rings is 1. The van der Waals surface area contributed by atoms with Crippen molar-refractivity contribution in [3.63, 3.8) is 0 Å². The Bertz CT molecular complexity index is 520. The molecule has 0 radical (unpaired) electrons. The molecule has 0 saturated carbocycles. The number of nitrogens with one attached hydrogen (secondary N) is 1. The molecule has 0 bridgehead atoms. The molecule has 0 aliphatic rings. The molecule has 0 aliphatic heterocycles. The van der Waals surface area contributed by atoms with Crippen LogP contribution in [0.5, 0.6) is 0 Å². The van der Waals surface area contributed by atoms with Gasteiger partial charge in [-0.15, -0.1) is 11.3 Å². The van der Waals surface area contributed by atoms with Gasteiger partial charge in [0, 0.05) is 17.0 Å². The minimum Gasteiger partial charge on any atom is -0.278 e. The van der Waals surface area contributed by atoms with Gasteiger partial charge in [-0.2, -0.15) is 5.10 Å². The summed E-state index contributed by atoms with van der Waals surface area (Å²) in [6.07, 6.45) is 1.70. The minimum atomic E-state index is -0.432. The Morgan fingerprint density at radius 1 is 1.29 bits per heavy atom. The number of nitrogens with zero attached hydrogens (tertiary/aromatic N) is 2. The molecular weight excluding hydrogens is 238 g/mol. The first-order valence-corrected chi connectivity index (χ1v) is 5.71. The summed E-state index contributed by atoms with van der Waals surface area (Å²) in [5, 5.41) is 16.4. The summed E-state index contributed by atoms with van der Waals surface area (Å²) >= 11 is 1.59. The third kappa shape index (κ3) is 3.12. The number of rotatable bonds is 4. The Labute approximate surface area is 102 Å². The van der Waals surface area contributed by atoms with Crippen molar-refractivity contribution in [2.75, 3.05) is 5.43 Å². The lowest BCUT2D eigenvalue weighted by Gasteiger charge is -1.98. The van der Waals surface area contributed by atoms with E-state index < -0.39 is 4.92 Å². The summed E-state index contributed by atoms with van der Waals surface area (Å²) in [6, 6.07) is 9.99. The van der Waals surface area contributed by atoms with Crippen molar-refractivity contribution in [2.45, 2.75) is 0 Å². The number of hydrazone groups is 1. The predicted molar refractivity (Wildman–Crippen MR) is 68.6 cm³/mol. The summed E-state index contributed by atoms with van der Waals surface area (Å²) in [5.41, 5.74) is 3.58. The van der Waals surface area contributed by atoms with Gasteiger partial charge in [0.15, 0.2) is 0 Å². The van der Waals surface area contributed by atoms with E-state index in [2.05, 4.69) is 10.5 Å². The molecule has 2 rings (SSSR count). The Morgan fingerprint density at radius 3 is 2.65 bits per heavy atom. The fourth-order valence-corrected chi connectivity index (χ4v) is 1.78. The Morgan fingerprint density at radius 2 is 2.06 bits per heavy atom. The van der Waals surface area contributed by atoms with Gasteiger partial charge in [0.1, 0.15) is 0 Å². The summed E-state index contributed by atoms with van der Waals surface area (Å²) in [5.74, 6) is 0. The monoisotopic (exact) mass is 247 g/mol. The lowest BCUT2D eigenvalue weighted by atomic mass is 10.3. The number of hydrogen-bond donors (Lipinski definition) is 1. The normalized spacial score (nSPS) is 10.6. The number of nitro benzene ring substituents is 1. The molecule has 6 heteroatoms. The van der Waals surface area contributed by atoms with Gasteiger partial charge in [-0.05, 0) is 23.6 Å². The minimum absolute atomic E-state index is 0.0674. The van der Waals surface area contributed by atoms with E-state index in [0.717, 1.165) is 4.88 Å². The van der Waals surface area contributed by atoms with E-state index in [1.165, 1.54) is 12.1 Å². The number of nitro groups is 1. The molecule has 1 aromatic carbocycles. The molecule has 0 fully saturated rings. The van der Waals surface area contributed by atoms with E-state index in [4.69, 9.17) is 0 Å². The molecule has 1 aromatic heterocycles. The number of benzene rings is 1. The maximum Gasteiger partial charge on any atom is 0.269 e. The third-order valence-electron chi connectivity index (χ3n) is 2.01. The molecule has 0 spiro atoms. The molecule has 17 heavy (non-hydrogen) atoms. The Hall–Kier alpha value is -2.21. The van der Waals surface area contributed by atoms with Crippen LogP contribution >= 0.6 is 11.3 Å². The van der Waals surface area contributed by atoms with Crippen molar-refractivity contribution >= 4 is 28.9 Å². The molecule has 0 saturated heterocycles. The Balaban J connectivity index is 1.97. The fourth-order valence-electron chi connectivity index (χ4n) is 1.19. The first-order valence-electron chi connectivity index (χ1n) is 4.83. The highest BCUT2D eigenvalue weighted by atomic mass is 32.1. The average molecular weight is 247 g/mol. The van der Waals surface area contributed by atoms with Crippen molar-refractivity contribution in [3.05, 3.63) is 56.8 Å². The van der Waals surface area contributed by atoms with Crippen LogP contribution in [0.25, 0.3) is 0 Å². The van der Waals surface area contributed by atoms with Gasteiger partial charge in [-0.25, -0.2) is 0 Å². The van der Waals surface area contributed by atoms with Gasteiger partial charge in [0.2, 0.25) is 0 Å². The first kappa shape index (κ1) is 11.3. The second-order valence-corrected chi connectivity index (χ2v) is 4.17. The van der Waals surface area contributed by atoms with Crippen LogP contribution < -0.4 is 5.43 Å². The molecule has 1 heterocycles. The Kier molecular flexibility index (Phi) is 3.46. The summed E-state index contributed by atoms with van der Waals surface area (Å²) in [7, 11) is 0. The van der Waals surface area contributed by atoms with Crippen molar-refractivity contribution in [3.8, 4) is 0 Å². The van der Waals surface area contributed by atoms with Gasteiger partial charge in [-0.1, -0.05) is 6.07 Å². The van der Waals surface area contributed by atoms with Crippen molar-refractivity contribution < 1.29 is 4.92 Å². The predicted octanol–water partition coefficient (Wildman–Crippen LogP) is 3.10. The molecule has 0 aliphatic carbocycles. The van der Waals surface area contributed by atoms with Crippen molar-refractivity contribution in [2.24, 2.45) is 5.10 Å². The van der Waals surface area contributed by atoms with Gasteiger partial charge in [-0.3, -0.25) is 15.5 Å². The zero-order chi connectivity index (χ0) is 12.1. The summed E-state index contributed by atoms with van der Waals surface area (Å²) in [6.45, 7) is 0. The van der Waals surface area contributed by atoms with Crippen LogP contribution in [0, 0.1) is 10.1 Å². The molecule has 0 unspecified atom stereocenters. The molecule has 0 amide bonds. The number of non-ortho nitro benzene ring substituents is 1. The second-order valence-electron chi connectivity index (χ2n) is 3.19. The maximum atomic E-state index is 10.4. The molecular formula is C11H9N3O2S. The van der Waals surface area contributed by atoms with E-state index in [-0.39, 0.29) is 5.69 Å². The van der Waals surface area contributed by atoms with Crippen molar-refractivity contribution in [1.29, 1.82) is 0 Å². The zero-order valence-corrected chi connectivity index (χ0v) is 9.55. The zero-order valence-electron chi connectivity index (χ0n) is 8.74. The standard InChI is InChI=1S/C11H9N3O2S/c15-14(16)10-5-3-9(4-6-10)13-12-8-11-2-1-7-17-11/h1-8,13H/b12-8+. The lowest BCUT2D eigenvalue weighted by Crippen LogP contribution is -1.91. The number of hydrogen-bond acceptors (Lipinski definition) is 5. The molecule has 86 valence electrons. The maximum absolute atomic E-state index is 10.4. The topological polar surface area (TPSA) is 67.5 Å². The lowest BCUT2D eigenvalue weighted by molar-refractivity contribution is -0.384. The highest BCUT2D eigenvalue weighted by Gasteiger charge is 2.02. The van der Waals surface area contributed by atoms with Crippen LogP contribution in [0.3, 0.4) is 0 Å². The van der Waals surface area contributed by atoms with Crippen LogP contribution in [0.4, 0.5) is 11.4 Å².